The predicted molar refractivity (Wildman–Crippen MR) is 84.0 cm³/mol. The number of oxazole rings is 1. The molecule has 116 valence electrons. The normalized spacial score (nSPS) is 10.5. The number of ether oxygens (including phenoxy) is 1. The summed E-state index contributed by atoms with van der Waals surface area (Å²) in [6.07, 6.45) is 0. The van der Waals surface area contributed by atoms with E-state index in [-0.39, 0.29) is 5.69 Å². The largest absolute Gasteiger partial charge is 0.494 e. The van der Waals surface area contributed by atoms with Crippen molar-refractivity contribution in [3.63, 3.8) is 0 Å². The van der Waals surface area contributed by atoms with E-state index in [2.05, 4.69) is 30.5 Å². The highest BCUT2D eigenvalue weighted by atomic mass is 16.5. The molecule has 0 spiro atoms. The molecule has 0 amide bonds. The van der Waals surface area contributed by atoms with Crippen molar-refractivity contribution in [3.8, 4) is 23.3 Å². The number of rotatable bonds is 7. The zero-order valence-electron chi connectivity index (χ0n) is 13.1. The van der Waals surface area contributed by atoms with Crippen LogP contribution in [0.4, 0.5) is 5.88 Å². The van der Waals surface area contributed by atoms with Crippen LogP contribution in [-0.2, 0) is 0 Å². The van der Waals surface area contributed by atoms with E-state index in [0.717, 1.165) is 24.4 Å². The molecule has 1 heterocycles. The van der Waals surface area contributed by atoms with Crippen LogP contribution in [0, 0.1) is 11.3 Å². The van der Waals surface area contributed by atoms with E-state index in [1.165, 1.54) is 4.90 Å². The van der Waals surface area contributed by atoms with Gasteiger partial charge in [-0.2, -0.15) is 10.2 Å². The number of likely N-dealkylation sites (N-methyl/N-ethyl adjacent to an activating group) is 1. The highest BCUT2D eigenvalue weighted by Crippen LogP contribution is 2.26. The quantitative estimate of drug-likeness (QED) is 0.803. The first-order valence-electron chi connectivity index (χ1n) is 7.31. The number of nitrogens with one attached hydrogen (secondary N) is 2. The Morgan fingerprint density at radius 3 is 2.64 bits per heavy atom. The van der Waals surface area contributed by atoms with Crippen molar-refractivity contribution < 1.29 is 14.1 Å². The summed E-state index contributed by atoms with van der Waals surface area (Å²) in [5.41, 5.74) is 1.09. The van der Waals surface area contributed by atoms with Gasteiger partial charge < -0.3 is 19.4 Å². The van der Waals surface area contributed by atoms with Crippen LogP contribution in [0.3, 0.4) is 0 Å². The standard InChI is InChI=1S/C16H20N4O2/c1-4-21-13-7-5-12(6-8-13)15-19-14(11-17)16(22-15)18-9-10-20(2)3/h5-8,18H,4,9-10H2,1-3H3/p+1. The lowest BCUT2D eigenvalue weighted by atomic mass is 10.2. The van der Waals surface area contributed by atoms with Gasteiger partial charge in [-0.1, -0.05) is 0 Å². The Balaban J connectivity index is 2.14. The highest BCUT2D eigenvalue weighted by Gasteiger charge is 2.14. The third-order valence-electron chi connectivity index (χ3n) is 3.06. The Bertz CT molecular complexity index is 641. The van der Waals surface area contributed by atoms with E-state index < -0.39 is 0 Å². The third kappa shape index (κ3) is 3.99. The number of anilines is 1. The second-order valence-corrected chi connectivity index (χ2v) is 5.15. The fraction of sp³-hybridized carbons (Fsp3) is 0.375. The van der Waals surface area contributed by atoms with Crippen LogP contribution in [0.2, 0.25) is 0 Å². The number of hydrogen-bond donors (Lipinski definition) is 2. The van der Waals surface area contributed by atoms with E-state index >= 15 is 0 Å². The van der Waals surface area contributed by atoms with Crippen molar-refractivity contribution in [1.82, 2.24) is 4.98 Å². The summed E-state index contributed by atoms with van der Waals surface area (Å²) >= 11 is 0. The minimum atomic E-state index is 0.276. The SMILES string of the molecule is CCOc1ccc(-c2nc(C#N)c(NCC[NH+](C)C)o2)cc1. The molecule has 0 aliphatic rings. The molecule has 1 aromatic carbocycles. The first-order chi connectivity index (χ1) is 10.6. The Morgan fingerprint density at radius 2 is 2.05 bits per heavy atom. The number of aromatic nitrogens is 1. The molecule has 1 aromatic heterocycles. The van der Waals surface area contributed by atoms with Crippen LogP contribution in [0.15, 0.2) is 28.7 Å². The van der Waals surface area contributed by atoms with Crippen molar-refractivity contribution in [3.05, 3.63) is 30.0 Å². The molecule has 0 aliphatic heterocycles. The van der Waals surface area contributed by atoms with Crippen molar-refractivity contribution in [2.75, 3.05) is 39.1 Å². The molecule has 2 rings (SSSR count). The van der Waals surface area contributed by atoms with Gasteiger partial charge in [0.1, 0.15) is 11.8 Å². The zero-order valence-corrected chi connectivity index (χ0v) is 13.1. The predicted octanol–water partition coefficient (Wildman–Crippen LogP) is 1.17. The van der Waals surface area contributed by atoms with Crippen LogP contribution >= 0.6 is 0 Å². The summed E-state index contributed by atoms with van der Waals surface area (Å²) in [7, 11) is 4.14. The Kier molecular flexibility index (Phi) is 5.39. The number of quaternary nitrogens is 1. The maximum absolute atomic E-state index is 9.16. The van der Waals surface area contributed by atoms with Crippen LogP contribution < -0.4 is 15.0 Å². The molecule has 0 aliphatic carbocycles. The molecule has 2 aromatic rings. The second-order valence-electron chi connectivity index (χ2n) is 5.15. The lowest BCUT2D eigenvalue weighted by Gasteiger charge is -2.07. The van der Waals surface area contributed by atoms with E-state index in [1.807, 2.05) is 31.2 Å². The van der Waals surface area contributed by atoms with Crippen LogP contribution in [0.1, 0.15) is 12.6 Å². The smallest absolute Gasteiger partial charge is 0.232 e. The number of benzene rings is 1. The molecule has 0 atom stereocenters. The summed E-state index contributed by atoms with van der Waals surface area (Å²) in [4.78, 5) is 5.55. The van der Waals surface area contributed by atoms with Gasteiger partial charge in [0.2, 0.25) is 17.5 Å². The fourth-order valence-electron chi connectivity index (χ4n) is 1.93. The molecule has 22 heavy (non-hydrogen) atoms. The van der Waals surface area contributed by atoms with E-state index in [0.29, 0.717) is 18.4 Å². The minimum absolute atomic E-state index is 0.276. The van der Waals surface area contributed by atoms with Gasteiger partial charge in [0.05, 0.1) is 33.8 Å². The van der Waals surface area contributed by atoms with Crippen molar-refractivity contribution in [1.29, 1.82) is 5.26 Å². The van der Waals surface area contributed by atoms with Gasteiger partial charge >= 0.3 is 0 Å². The van der Waals surface area contributed by atoms with E-state index in [9.17, 15) is 0 Å². The number of nitrogens with zero attached hydrogens (tertiary/aromatic N) is 2. The lowest BCUT2D eigenvalue weighted by Crippen LogP contribution is -3.06. The molecule has 6 nitrogen and oxygen atoms in total. The number of nitriles is 1. The summed E-state index contributed by atoms with van der Waals surface area (Å²) < 4.78 is 11.1. The Morgan fingerprint density at radius 1 is 1.32 bits per heavy atom. The minimum Gasteiger partial charge on any atom is -0.494 e. The van der Waals surface area contributed by atoms with Gasteiger partial charge in [-0.05, 0) is 31.2 Å². The lowest BCUT2D eigenvalue weighted by molar-refractivity contribution is -0.856. The maximum Gasteiger partial charge on any atom is 0.232 e. The van der Waals surface area contributed by atoms with Crippen molar-refractivity contribution in [2.24, 2.45) is 0 Å². The highest BCUT2D eigenvalue weighted by molar-refractivity contribution is 5.59. The first-order valence-corrected chi connectivity index (χ1v) is 7.31. The molecule has 0 saturated carbocycles. The number of hydrogen-bond acceptors (Lipinski definition) is 5. The second kappa shape index (κ2) is 7.48. The summed E-state index contributed by atoms with van der Waals surface area (Å²) in [6, 6.07) is 9.51. The zero-order chi connectivity index (χ0) is 15.9. The van der Waals surface area contributed by atoms with Gasteiger partial charge in [-0.25, -0.2) is 0 Å². The first kappa shape index (κ1) is 15.9. The van der Waals surface area contributed by atoms with E-state index in [4.69, 9.17) is 14.4 Å². The summed E-state index contributed by atoms with van der Waals surface area (Å²) in [6.45, 7) is 4.20. The van der Waals surface area contributed by atoms with Crippen LogP contribution in [0.25, 0.3) is 11.5 Å². The Labute approximate surface area is 130 Å². The van der Waals surface area contributed by atoms with Gasteiger partial charge in [0, 0.05) is 5.56 Å². The third-order valence-corrected chi connectivity index (χ3v) is 3.06. The summed E-state index contributed by atoms with van der Waals surface area (Å²) in [5.74, 6) is 1.65. The molecule has 0 saturated heterocycles. The van der Waals surface area contributed by atoms with Gasteiger partial charge in [0.25, 0.3) is 0 Å². The molecule has 2 N–H and O–H groups in total. The van der Waals surface area contributed by atoms with Crippen LogP contribution in [-0.4, -0.2) is 38.8 Å². The molecular weight excluding hydrogens is 280 g/mol. The average Bonchev–Trinajstić information content (AvgIpc) is 2.91. The molecule has 0 fully saturated rings. The van der Waals surface area contributed by atoms with E-state index in [1.54, 1.807) is 0 Å². The molecule has 0 unspecified atom stereocenters. The maximum atomic E-state index is 9.16. The molecule has 6 heteroatoms. The molecule has 0 bridgehead atoms. The Hall–Kier alpha value is -2.52. The molecule has 0 radical (unpaired) electrons. The topological polar surface area (TPSA) is 75.5 Å². The fourth-order valence-corrected chi connectivity index (χ4v) is 1.93. The summed E-state index contributed by atoms with van der Waals surface area (Å²) in [5, 5.41) is 12.3. The molecular formula is C16H21N4O2+. The van der Waals surface area contributed by atoms with Crippen molar-refractivity contribution in [2.45, 2.75) is 6.92 Å². The van der Waals surface area contributed by atoms with Crippen LogP contribution in [0.5, 0.6) is 5.75 Å². The van der Waals surface area contributed by atoms with Gasteiger partial charge in [-0.3, -0.25) is 0 Å². The monoisotopic (exact) mass is 301 g/mol. The van der Waals surface area contributed by atoms with Gasteiger partial charge in [0.15, 0.2) is 0 Å². The van der Waals surface area contributed by atoms with Crippen molar-refractivity contribution >= 4 is 5.88 Å². The average molecular weight is 301 g/mol. The van der Waals surface area contributed by atoms with Gasteiger partial charge in [-0.15, -0.1) is 0 Å².